The summed E-state index contributed by atoms with van der Waals surface area (Å²) in [4.78, 5) is 0. The zero-order chi connectivity index (χ0) is 19.7. The third-order valence-corrected chi connectivity index (χ3v) is 5.24. The minimum Gasteiger partial charge on any atom is -0.455 e. The first-order chi connectivity index (χ1) is 13.5. The molecule has 0 bridgehead atoms. The van der Waals surface area contributed by atoms with Crippen molar-refractivity contribution in [3.8, 4) is 33.9 Å². The maximum absolute atomic E-state index is 6.45. The van der Waals surface area contributed by atoms with Gasteiger partial charge in [-0.05, 0) is 24.3 Å². The summed E-state index contributed by atoms with van der Waals surface area (Å²) in [5.74, 6) is 1.14. The highest BCUT2D eigenvalue weighted by molar-refractivity contribution is 6.34. The van der Waals surface area contributed by atoms with E-state index in [1.54, 1.807) is 29.1 Å². The van der Waals surface area contributed by atoms with E-state index in [9.17, 15) is 0 Å². The predicted octanol–water partition coefficient (Wildman–Crippen LogP) is 7.51. The van der Waals surface area contributed by atoms with Crippen molar-refractivity contribution in [3.63, 3.8) is 0 Å². The molecular weight excluding hydrogens is 415 g/mol. The molecule has 3 aromatic carbocycles. The fourth-order valence-electron chi connectivity index (χ4n) is 3.06. The van der Waals surface area contributed by atoms with Crippen LogP contribution in [-0.4, -0.2) is 9.78 Å². The fraction of sp³-hybridized carbons (Fsp3) is 0.0455. The van der Waals surface area contributed by atoms with Crippen molar-refractivity contribution < 1.29 is 4.74 Å². The summed E-state index contributed by atoms with van der Waals surface area (Å²) in [7, 11) is 1.89. The van der Waals surface area contributed by atoms with E-state index in [1.165, 1.54) is 0 Å². The molecule has 0 radical (unpaired) electrons. The van der Waals surface area contributed by atoms with Crippen molar-refractivity contribution in [2.24, 2.45) is 7.05 Å². The van der Waals surface area contributed by atoms with Gasteiger partial charge < -0.3 is 4.74 Å². The first kappa shape index (κ1) is 18.9. The first-order valence-corrected chi connectivity index (χ1v) is 9.67. The van der Waals surface area contributed by atoms with Gasteiger partial charge in [0, 0.05) is 39.8 Å². The van der Waals surface area contributed by atoms with E-state index < -0.39 is 0 Å². The van der Waals surface area contributed by atoms with Gasteiger partial charge in [-0.1, -0.05) is 71.2 Å². The molecule has 0 N–H and O–H groups in total. The van der Waals surface area contributed by atoms with E-state index in [0.717, 1.165) is 22.4 Å². The second-order valence-corrected chi connectivity index (χ2v) is 7.43. The van der Waals surface area contributed by atoms with E-state index in [1.807, 2.05) is 55.6 Å². The molecule has 0 aliphatic rings. The molecule has 0 saturated carbocycles. The van der Waals surface area contributed by atoms with Gasteiger partial charge in [-0.25, -0.2) is 0 Å². The molecule has 0 spiro atoms. The second kappa shape index (κ2) is 7.88. The van der Waals surface area contributed by atoms with Crippen LogP contribution < -0.4 is 4.74 Å². The Morgan fingerprint density at radius 2 is 1.46 bits per heavy atom. The van der Waals surface area contributed by atoms with Crippen molar-refractivity contribution in [2.45, 2.75) is 0 Å². The molecular formula is C22H15Cl3N2O. The molecule has 1 heterocycles. The number of hydrogen-bond acceptors (Lipinski definition) is 2. The van der Waals surface area contributed by atoms with Gasteiger partial charge in [0.1, 0.15) is 11.5 Å². The molecule has 0 unspecified atom stereocenters. The van der Waals surface area contributed by atoms with Gasteiger partial charge in [-0.2, -0.15) is 5.10 Å². The number of aromatic nitrogens is 2. The molecule has 4 aromatic rings. The van der Waals surface area contributed by atoms with Crippen LogP contribution >= 0.6 is 34.8 Å². The summed E-state index contributed by atoms with van der Waals surface area (Å²) in [5.41, 5.74) is 3.58. The van der Waals surface area contributed by atoms with E-state index in [-0.39, 0.29) is 0 Å². The number of nitrogens with zero attached hydrogens (tertiary/aromatic N) is 2. The lowest BCUT2D eigenvalue weighted by Gasteiger charge is -2.14. The molecule has 0 saturated heterocycles. The second-order valence-electron chi connectivity index (χ2n) is 6.18. The monoisotopic (exact) mass is 428 g/mol. The molecule has 0 fully saturated rings. The van der Waals surface area contributed by atoms with E-state index in [2.05, 4.69) is 5.10 Å². The highest BCUT2D eigenvalue weighted by Gasteiger charge is 2.18. The highest BCUT2D eigenvalue weighted by atomic mass is 35.5. The molecule has 0 aliphatic carbocycles. The molecule has 28 heavy (non-hydrogen) atoms. The lowest BCUT2D eigenvalue weighted by Crippen LogP contribution is -1.96. The standard InChI is InChI=1S/C22H15Cl3N2O/c1-27-22(16-7-2-4-8-18(16)24)17(13-26-27)15-6-3-5-9-20(15)28-21-12-14(23)10-11-19(21)25/h2-13H,1H3. The van der Waals surface area contributed by atoms with Gasteiger partial charge in [-0.3, -0.25) is 4.68 Å². The molecule has 0 amide bonds. The Hall–Kier alpha value is -2.46. The van der Waals surface area contributed by atoms with Crippen molar-refractivity contribution >= 4 is 34.8 Å². The molecule has 3 nitrogen and oxygen atoms in total. The van der Waals surface area contributed by atoms with Crippen LogP contribution in [0.2, 0.25) is 15.1 Å². The van der Waals surface area contributed by atoms with Gasteiger partial charge in [0.25, 0.3) is 0 Å². The van der Waals surface area contributed by atoms with Crippen LogP contribution in [0.5, 0.6) is 11.5 Å². The smallest absolute Gasteiger partial charge is 0.147 e. The Morgan fingerprint density at radius 3 is 2.25 bits per heavy atom. The highest BCUT2D eigenvalue weighted by Crippen LogP contribution is 2.41. The van der Waals surface area contributed by atoms with Gasteiger partial charge in [0.2, 0.25) is 0 Å². The first-order valence-electron chi connectivity index (χ1n) is 8.54. The van der Waals surface area contributed by atoms with Gasteiger partial charge in [0.05, 0.1) is 16.9 Å². The molecule has 1 aromatic heterocycles. The molecule has 0 atom stereocenters. The largest absolute Gasteiger partial charge is 0.455 e. The van der Waals surface area contributed by atoms with Crippen LogP contribution in [0.15, 0.2) is 72.9 Å². The van der Waals surface area contributed by atoms with Crippen molar-refractivity contribution in [3.05, 3.63) is 88.0 Å². The van der Waals surface area contributed by atoms with Crippen molar-refractivity contribution in [1.82, 2.24) is 9.78 Å². The summed E-state index contributed by atoms with van der Waals surface area (Å²) in [6.45, 7) is 0. The van der Waals surface area contributed by atoms with Crippen LogP contribution in [0.3, 0.4) is 0 Å². The minimum atomic E-state index is 0.483. The molecule has 4 rings (SSSR count). The van der Waals surface area contributed by atoms with E-state index >= 15 is 0 Å². The van der Waals surface area contributed by atoms with Crippen LogP contribution in [0.4, 0.5) is 0 Å². The number of para-hydroxylation sites is 1. The third-order valence-electron chi connectivity index (χ3n) is 4.36. The van der Waals surface area contributed by atoms with Crippen molar-refractivity contribution in [2.75, 3.05) is 0 Å². The lowest BCUT2D eigenvalue weighted by molar-refractivity contribution is 0.485. The number of benzene rings is 3. The Morgan fingerprint density at radius 1 is 0.750 bits per heavy atom. The lowest BCUT2D eigenvalue weighted by atomic mass is 10.0. The Bertz CT molecular complexity index is 1150. The number of aryl methyl sites for hydroxylation is 1. The third kappa shape index (κ3) is 3.61. The minimum absolute atomic E-state index is 0.483. The summed E-state index contributed by atoms with van der Waals surface area (Å²) in [6.07, 6.45) is 1.81. The van der Waals surface area contributed by atoms with Crippen LogP contribution in [0.1, 0.15) is 0 Å². The molecule has 140 valence electrons. The van der Waals surface area contributed by atoms with Crippen LogP contribution in [0, 0.1) is 0 Å². The maximum atomic E-state index is 6.45. The van der Waals surface area contributed by atoms with Crippen molar-refractivity contribution in [1.29, 1.82) is 0 Å². The SMILES string of the molecule is Cn1ncc(-c2ccccc2Oc2cc(Cl)ccc2Cl)c1-c1ccccc1Cl. The summed E-state index contributed by atoms with van der Waals surface area (Å²) >= 11 is 18.8. The number of rotatable bonds is 4. The van der Waals surface area contributed by atoms with Gasteiger partial charge >= 0.3 is 0 Å². The fourth-order valence-corrected chi connectivity index (χ4v) is 3.60. The van der Waals surface area contributed by atoms with E-state index in [4.69, 9.17) is 39.5 Å². The number of ether oxygens (including phenoxy) is 1. The molecule has 6 heteroatoms. The summed E-state index contributed by atoms with van der Waals surface area (Å²) in [5, 5.41) is 6.14. The number of halogens is 3. The summed E-state index contributed by atoms with van der Waals surface area (Å²) < 4.78 is 7.92. The Labute approximate surface area is 178 Å². The maximum Gasteiger partial charge on any atom is 0.147 e. The average molecular weight is 430 g/mol. The normalized spacial score (nSPS) is 10.9. The van der Waals surface area contributed by atoms with E-state index in [0.29, 0.717) is 26.6 Å². The Kier molecular flexibility index (Phi) is 5.31. The Balaban J connectivity index is 1.85. The zero-order valence-electron chi connectivity index (χ0n) is 14.9. The van der Waals surface area contributed by atoms with Crippen LogP contribution in [-0.2, 0) is 7.05 Å². The zero-order valence-corrected chi connectivity index (χ0v) is 17.1. The van der Waals surface area contributed by atoms with Gasteiger partial charge in [-0.15, -0.1) is 0 Å². The predicted molar refractivity (Wildman–Crippen MR) is 116 cm³/mol. The topological polar surface area (TPSA) is 27.1 Å². The number of hydrogen-bond donors (Lipinski definition) is 0. The summed E-state index contributed by atoms with van der Waals surface area (Å²) in [6, 6.07) is 20.5. The van der Waals surface area contributed by atoms with Gasteiger partial charge in [0.15, 0.2) is 0 Å². The average Bonchev–Trinajstić information content (AvgIpc) is 3.07. The quantitative estimate of drug-likeness (QED) is 0.335. The molecule has 0 aliphatic heterocycles. The van der Waals surface area contributed by atoms with Crippen LogP contribution in [0.25, 0.3) is 22.4 Å².